The van der Waals surface area contributed by atoms with Crippen molar-refractivity contribution in [1.82, 2.24) is 25.2 Å². The van der Waals surface area contributed by atoms with E-state index in [0.29, 0.717) is 24.3 Å². The molecule has 3 rings (SSSR count). The second kappa shape index (κ2) is 9.83. The number of rotatable bonds is 8. The molecule has 3 aromatic rings. The number of benzene rings is 1. The van der Waals surface area contributed by atoms with Gasteiger partial charge in [0.15, 0.2) is 0 Å². The summed E-state index contributed by atoms with van der Waals surface area (Å²) in [6.45, 7) is 4.89. The normalized spacial score (nSPS) is 11.1. The number of halogens is 2. The molecule has 0 spiro atoms. The number of carbonyl (C=O) groups excluding carboxylic acids is 1. The number of nitrogens with one attached hydrogen (secondary N) is 1. The fourth-order valence-corrected chi connectivity index (χ4v) is 3.30. The van der Waals surface area contributed by atoms with Gasteiger partial charge in [0.05, 0.1) is 17.2 Å². The molecule has 1 aromatic carbocycles. The fraction of sp³-hybridized carbons (Fsp3) is 0.300. The first kappa shape index (κ1) is 20.5. The van der Waals surface area contributed by atoms with Crippen molar-refractivity contribution < 1.29 is 9.18 Å². The molecule has 2 heterocycles. The summed E-state index contributed by atoms with van der Waals surface area (Å²) in [5.41, 5.74) is 2.70. The van der Waals surface area contributed by atoms with Crippen LogP contribution in [0.5, 0.6) is 0 Å². The minimum atomic E-state index is -0.459. The van der Waals surface area contributed by atoms with Crippen LogP contribution in [0.3, 0.4) is 0 Å². The van der Waals surface area contributed by atoms with Crippen LogP contribution in [0.25, 0.3) is 11.0 Å². The van der Waals surface area contributed by atoms with Crippen molar-refractivity contribution >= 4 is 39.5 Å². The van der Waals surface area contributed by atoms with Gasteiger partial charge in [-0.05, 0) is 71.5 Å². The van der Waals surface area contributed by atoms with Gasteiger partial charge in [-0.1, -0.05) is 6.92 Å². The number of likely N-dealkylation sites (N-methyl/N-ethyl adjacent to an activating group) is 1. The first-order valence-corrected chi connectivity index (χ1v) is 10.2. The first-order valence-electron chi connectivity index (χ1n) is 9.08. The molecule has 0 fully saturated rings. The fourth-order valence-electron chi connectivity index (χ4n) is 2.82. The van der Waals surface area contributed by atoms with Crippen LogP contribution in [0.15, 0.2) is 42.7 Å². The van der Waals surface area contributed by atoms with Crippen molar-refractivity contribution in [2.75, 3.05) is 26.2 Å². The molecule has 2 aromatic heterocycles. The molecule has 0 radical (unpaired) electrons. The highest BCUT2D eigenvalue weighted by molar-refractivity contribution is 14.1. The predicted molar refractivity (Wildman–Crippen MR) is 115 cm³/mol. The van der Waals surface area contributed by atoms with Crippen molar-refractivity contribution in [3.05, 3.63) is 63.5 Å². The van der Waals surface area contributed by atoms with Gasteiger partial charge >= 0.3 is 0 Å². The molecule has 0 aliphatic heterocycles. The van der Waals surface area contributed by atoms with Crippen molar-refractivity contribution in [1.29, 1.82) is 0 Å². The zero-order chi connectivity index (χ0) is 19.9. The molecule has 1 amide bonds. The number of carbonyl (C=O) groups is 1. The second-order valence-corrected chi connectivity index (χ2v) is 7.56. The summed E-state index contributed by atoms with van der Waals surface area (Å²) in [5.74, 6) is -0.695. The molecule has 0 saturated carbocycles. The maximum absolute atomic E-state index is 13.2. The Morgan fingerprint density at radius 2 is 2.04 bits per heavy atom. The zero-order valence-corrected chi connectivity index (χ0v) is 17.7. The van der Waals surface area contributed by atoms with Gasteiger partial charge in [-0.2, -0.15) is 4.39 Å². The van der Waals surface area contributed by atoms with Crippen LogP contribution < -0.4 is 5.32 Å². The molecule has 0 aliphatic carbocycles. The van der Waals surface area contributed by atoms with E-state index in [1.54, 1.807) is 0 Å². The summed E-state index contributed by atoms with van der Waals surface area (Å²) in [6.07, 6.45) is 3.71. The molecule has 146 valence electrons. The van der Waals surface area contributed by atoms with Crippen molar-refractivity contribution in [2.24, 2.45) is 0 Å². The molecule has 0 unspecified atom stereocenters. The van der Waals surface area contributed by atoms with Crippen molar-refractivity contribution in [2.45, 2.75) is 13.3 Å². The van der Waals surface area contributed by atoms with Gasteiger partial charge in [0.2, 0.25) is 5.95 Å². The maximum Gasteiger partial charge on any atom is 0.271 e. The van der Waals surface area contributed by atoms with E-state index in [1.807, 2.05) is 24.3 Å². The minimum Gasteiger partial charge on any atom is -0.349 e. The Kier molecular flexibility index (Phi) is 7.21. The summed E-state index contributed by atoms with van der Waals surface area (Å²) in [6, 6.07) is 9.00. The second-order valence-electron chi connectivity index (χ2n) is 6.32. The first-order chi connectivity index (χ1) is 13.5. The van der Waals surface area contributed by atoms with E-state index < -0.39 is 5.95 Å². The van der Waals surface area contributed by atoms with E-state index in [0.717, 1.165) is 34.2 Å². The lowest BCUT2D eigenvalue weighted by molar-refractivity contribution is 0.0943. The van der Waals surface area contributed by atoms with Gasteiger partial charge in [0.25, 0.3) is 5.91 Å². The van der Waals surface area contributed by atoms with Gasteiger partial charge in [0, 0.05) is 29.4 Å². The van der Waals surface area contributed by atoms with Crippen molar-refractivity contribution in [3.63, 3.8) is 0 Å². The Hall–Kier alpha value is -2.20. The Bertz CT molecular complexity index is 968. The number of fused-ring (bicyclic) bond motifs is 1. The molecule has 8 heteroatoms. The number of pyridine rings is 1. The Labute approximate surface area is 176 Å². The molecule has 0 aliphatic rings. The number of aromatic nitrogens is 3. The number of hydrogen-bond donors (Lipinski definition) is 1. The van der Waals surface area contributed by atoms with Gasteiger partial charge in [-0.25, -0.2) is 9.97 Å². The summed E-state index contributed by atoms with van der Waals surface area (Å²) < 4.78 is 14.2. The average Bonchev–Trinajstić information content (AvgIpc) is 2.70. The number of amides is 1. The van der Waals surface area contributed by atoms with Gasteiger partial charge < -0.3 is 10.2 Å². The Balaban J connectivity index is 1.50. The van der Waals surface area contributed by atoms with Gasteiger partial charge in [0.1, 0.15) is 5.69 Å². The summed E-state index contributed by atoms with van der Waals surface area (Å²) in [5, 5.41) is 2.89. The smallest absolute Gasteiger partial charge is 0.271 e. The molecule has 28 heavy (non-hydrogen) atoms. The van der Waals surface area contributed by atoms with Crippen LogP contribution in [0.1, 0.15) is 23.0 Å². The van der Waals surface area contributed by atoms with E-state index in [9.17, 15) is 9.18 Å². The third-order valence-corrected chi connectivity index (χ3v) is 5.08. The van der Waals surface area contributed by atoms with Crippen LogP contribution >= 0.6 is 22.6 Å². The number of nitrogens with zero attached hydrogens (tertiary/aromatic N) is 4. The van der Waals surface area contributed by atoms with Gasteiger partial charge in [-0.3, -0.25) is 9.78 Å². The highest BCUT2D eigenvalue weighted by atomic mass is 127. The van der Waals surface area contributed by atoms with E-state index in [4.69, 9.17) is 0 Å². The Morgan fingerprint density at radius 3 is 2.82 bits per heavy atom. The highest BCUT2D eigenvalue weighted by Gasteiger charge is 2.10. The van der Waals surface area contributed by atoms with E-state index >= 15 is 0 Å². The largest absolute Gasteiger partial charge is 0.349 e. The predicted octanol–water partition coefficient (Wildman–Crippen LogP) is 3.06. The summed E-state index contributed by atoms with van der Waals surface area (Å²) in [7, 11) is 0. The Morgan fingerprint density at radius 1 is 1.18 bits per heavy atom. The highest BCUT2D eigenvalue weighted by Crippen LogP contribution is 2.13. The molecule has 1 N–H and O–H groups in total. The van der Waals surface area contributed by atoms with E-state index in [2.05, 4.69) is 54.7 Å². The number of hydrogen-bond acceptors (Lipinski definition) is 5. The lowest BCUT2D eigenvalue weighted by Gasteiger charge is -2.20. The molecule has 0 atom stereocenters. The van der Waals surface area contributed by atoms with Gasteiger partial charge in [-0.15, -0.1) is 0 Å². The lowest BCUT2D eigenvalue weighted by atomic mass is 10.2. The van der Waals surface area contributed by atoms with Crippen LogP contribution in [0.4, 0.5) is 4.39 Å². The molecule has 0 saturated heterocycles. The molecular weight excluding hydrogens is 472 g/mol. The van der Waals surface area contributed by atoms with Crippen molar-refractivity contribution in [3.8, 4) is 0 Å². The standard InChI is InChI=1S/C20H21FIN5O/c1-2-27(9-6-14-5-7-23-19(21)11-14)10-8-24-20(28)18-13-25-17-12-15(22)3-4-16(17)26-18/h3-5,7,11-13H,2,6,8-10H2,1H3,(H,24,28). The molecule has 6 nitrogen and oxygen atoms in total. The van der Waals surface area contributed by atoms with Crippen LogP contribution in [0, 0.1) is 9.52 Å². The average molecular weight is 493 g/mol. The third-order valence-electron chi connectivity index (χ3n) is 4.41. The lowest BCUT2D eigenvalue weighted by Crippen LogP contribution is -2.36. The minimum absolute atomic E-state index is 0.236. The quantitative estimate of drug-likeness (QED) is 0.386. The molecule has 0 bridgehead atoms. The third kappa shape index (κ3) is 5.65. The molecular formula is C20H21FIN5O. The van der Waals surface area contributed by atoms with Crippen LogP contribution in [-0.4, -0.2) is 51.9 Å². The monoisotopic (exact) mass is 493 g/mol. The summed E-state index contributed by atoms with van der Waals surface area (Å²) in [4.78, 5) is 26.8. The van der Waals surface area contributed by atoms with Crippen LogP contribution in [-0.2, 0) is 6.42 Å². The topological polar surface area (TPSA) is 71.0 Å². The van der Waals surface area contributed by atoms with Crippen LogP contribution in [0.2, 0.25) is 0 Å². The maximum atomic E-state index is 13.2. The SMILES string of the molecule is CCN(CCNC(=O)c1cnc2cc(I)ccc2n1)CCc1ccnc(F)c1. The van der Waals surface area contributed by atoms with E-state index in [-0.39, 0.29) is 5.91 Å². The summed E-state index contributed by atoms with van der Waals surface area (Å²) >= 11 is 2.22. The van der Waals surface area contributed by atoms with E-state index in [1.165, 1.54) is 18.5 Å². The zero-order valence-electron chi connectivity index (χ0n) is 15.5.